The lowest BCUT2D eigenvalue weighted by molar-refractivity contribution is -0.0612. The van der Waals surface area contributed by atoms with E-state index in [2.05, 4.69) is 13.8 Å². The summed E-state index contributed by atoms with van der Waals surface area (Å²) in [5, 5.41) is 0. The van der Waals surface area contributed by atoms with Gasteiger partial charge in [-0.1, -0.05) is 74.5 Å². The van der Waals surface area contributed by atoms with Crippen LogP contribution in [-0.2, 0) is 25.8 Å². The molecule has 0 aromatic heterocycles. The van der Waals surface area contributed by atoms with E-state index in [1.54, 1.807) is 0 Å². The Labute approximate surface area is 168 Å². The molecule has 2 aromatic carbocycles. The van der Waals surface area contributed by atoms with Crippen molar-refractivity contribution in [1.29, 1.82) is 0 Å². The summed E-state index contributed by atoms with van der Waals surface area (Å²) in [4.78, 5) is 0. The van der Waals surface area contributed by atoms with Gasteiger partial charge in [0, 0.05) is 6.04 Å². The van der Waals surface area contributed by atoms with Gasteiger partial charge in [-0.05, 0) is 30.4 Å². The van der Waals surface area contributed by atoms with Crippen molar-refractivity contribution < 1.29 is 17.3 Å². The lowest BCUT2D eigenvalue weighted by Gasteiger charge is -2.43. The number of benzene rings is 2. The minimum Gasteiger partial charge on any atom is -0.369 e. The lowest BCUT2D eigenvalue weighted by atomic mass is 9.97. The van der Waals surface area contributed by atoms with Crippen LogP contribution in [0.5, 0.6) is 0 Å². The molecular weight excluding hydrogens is 374 g/mol. The zero-order valence-electron chi connectivity index (χ0n) is 16.7. The zero-order chi connectivity index (χ0) is 20.1. The van der Waals surface area contributed by atoms with Crippen molar-refractivity contribution >= 4 is 10.3 Å². The van der Waals surface area contributed by atoms with Crippen LogP contribution in [-0.4, -0.2) is 31.5 Å². The molecule has 152 valence electrons. The topological polar surface area (TPSA) is 55.8 Å². The van der Waals surface area contributed by atoms with E-state index in [0.717, 1.165) is 11.1 Å². The van der Waals surface area contributed by atoms with E-state index in [9.17, 15) is 8.42 Å². The van der Waals surface area contributed by atoms with Crippen molar-refractivity contribution in [2.75, 3.05) is 6.61 Å². The minimum atomic E-state index is -3.83. The largest absolute Gasteiger partial charge is 0.369 e. The molecule has 28 heavy (non-hydrogen) atoms. The first-order chi connectivity index (χ1) is 13.4. The Morgan fingerprint density at radius 1 is 1.04 bits per heavy atom. The third-order valence-corrected chi connectivity index (χ3v) is 6.62. The number of rotatable bonds is 7. The summed E-state index contributed by atoms with van der Waals surface area (Å²) in [5.41, 5.74) is 1.99. The molecule has 0 bridgehead atoms. The highest BCUT2D eigenvalue weighted by Crippen LogP contribution is 2.35. The summed E-state index contributed by atoms with van der Waals surface area (Å²) in [5.74, 6) is 0.326. The van der Waals surface area contributed by atoms with Crippen LogP contribution in [0.15, 0.2) is 60.7 Å². The fourth-order valence-electron chi connectivity index (χ4n) is 3.69. The van der Waals surface area contributed by atoms with Crippen LogP contribution < -0.4 is 0 Å². The maximum Gasteiger partial charge on any atom is 0.339 e. The van der Waals surface area contributed by atoms with Crippen LogP contribution in [0.3, 0.4) is 0 Å². The summed E-state index contributed by atoms with van der Waals surface area (Å²) in [6.45, 7) is 6.58. The van der Waals surface area contributed by atoms with Gasteiger partial charge < -0.3 is 4.74 Å². The van der Waals surface area contributed by atoms with Crippen molar-refractivity contribution in [2.45, 2.75) is 52.0 Å². The van der Waals surface area contributed by atoms with Crippen LogP contribution in [0.1, 0.15) is 44.4 Å². The molecule has 6 heteroatoms. The van der Waals surface area contributed by atoms with Gasteiger partial charge in [-0.2, -0.15) is 12.7 Å². The third kappa shape index (κ3) is 5.00. The van der Waals surface area contributed by atoms with Gasteiger partial charge >= 0.3 is 10.3 Å². The second-order valence-electron chi connectivity index (χ2n) is 7.69. The van der Waals surface area contributed by atoms with Crippen LogP contribution >= 0.6 is 0 Å². The van der Waals surface area contributed by atoms with Crippen molar-refractivity contribution in [3.8, 4) is 0 Å². The first kappa shape index (κ1) is 21.0. The quantitative estimate of drug-likeness (QED) is 0.691. The highest BCUT2D eigenvalue weighted by molar-refractivity contribution is 7.84. The molecule has 1 aliphatic rings. The number of ether oxygens (including phenoxy) is 1. The van der Waals surface area contributed by atoms with E-state index < -0.39 is 10.3 Å². The standard InChI is InChI=1S/C22H29NO4S/c1-17(2)14-21-22(26-15-19-10-6-4-7-11-19)16-27-28(24,25)23(21)18(3)20-12-8-5-9-13-20/h4-13,17-18,21-22H,14-16H2,1-3H3/t18-,21+,22+/m1/s1. The van der Waals surface area contributed by atoms with Gasteiger partial charge in [0.05, 0.1) is 25.4 Å². The summed E-state index contributed by atoms with van der Waals surface area (Å²) in [6, 6.07) is 18.9. The molecular formula is C22H29NO4S. The molecule has 0 amide bonds. The van der Waals surface area contributed by atoms with E-state index in [0.29, 0.717) is 18.9 Å². The monoisotopic (exact) mass is 403 g/mol. The molecule has 0 N–H and O–H groups in total. The molecule has 3 atom stereocenters. The highest BCUT2D eigenvalue weighted by atomic mass is 32.2. The summed E-state index contributed by atoms with van der Waals surface area (Å²) in [6.07, 6.45) is 0.386. The van der Waals surface area contributed by atoms with E-state index in [4.69, 9.17) is 8.92 Å². The lowest BCUT2D eigenvalue weighted by Crippen LogP contribution is -2.56. The molecule has 0 spiro atoms. The SMILES string of the molecule is CC(C)C[C@H]1[C@@H](OCc2ccccc2)COS(=O)(=O)N1[C@H](C)c1ccccc1. The Hall–Kier alpha value is -1.73. The molecule has 0 unspecified atom stereocenters. The molecule has 1 fully saturated rings. The van der Waals surface area contributed by atoms with Crippen molar-refractivity contribution in [3.05, 3.63) is 71.8 Å². The number of nitrogens with zero attached hydrogens (tertiary/aromatic N) is 1. The molecule has 2 aromatic rings. The zero-order valence-corrected chi connectivity index (χ0v) is 17.5. The molecule has 5 nitrogen and oxygen atoms in total. The van der Waals surface area contributed by atoms with Crippen LogP contribution in [0, 0.1) is 5.92 Å². The van der Waals surface area contributed by atoms with E-state index in [1.807, 2.05) is 67.6 Å². The number of hydrogen-bond acceptors (Lipinski definition) is 4. The fraction of sp³-hybridized carbons (Fsp3) is 0.455. The molecule has 0 aliphatic carbocycles. The molecule has 1 aliphatic heterocycles. The van der Waals surface area contributed by atoms with Gasteiger partial charge in [-0.3, -0.25) is 4.18 Å². The third-order valence-electron chi connectivity index (χ3n) is 5.08. The summed E-state index contributed by atoms with van der Waals surface area (Å²) < 4.78 is 38.7. The Morgan fingerprint density at radius 2 is 1.64 bits per heavy atom. The van der Waals surface area contributed by atoms with Crippen molar-refractivity contribution in [2.24, 2.45) is 5.92 Å². The van der Waals surface area contributed by atoms with Gasteiger partial charge in [0.15, 0.2) is 0 Å². The Morgan fingerprint density at radius 3 is 2.25 bits per heavy atom. The van der Waals surface area contributed by atoms with Crippen molar-refractivity contribution in [1.82, 2.24) is 4.31 Å². The Bertz CT molecular complexity index is 839. The molecule has 3 rings (SSSR count). The van der Waals surface area contributed by atoms with Crippen LogP contribution in [0.2, 0.25) is 0 Å². The van der Waals surface area contributed by atoms with E-state index in [1.165, 1.54) is 4.31 Å². The van der Waals surface area contributed by atoms with Gasteiger partial charge in [0.1, 0.15) is 0 Å². The average molecular weight is 404 g/mol. The van der Waals surface area contributed by atoms with E-state index in [-0.39, 0.29) is 24.8 Å². The smallest absolute Gasteiger partial charge is 0.339 e. The molecule has 0 radical (unpaired) electrons. The molecule has 1 heterocycles. The van der Waals surface area contributed by atoms with Gasteiger partial charge in [0.2, 0.25) is 0 Å². The predicted octanol–water partition coefficient (Wildman–Crippen LogP) is 4.32. The van der Waals surface area contributed by atoms with Crippen LogP contribution in [0.25, 0.3) is 0 Å². The Kier molecular flexibility index (Phi) is 6.88. The number of hydrogen-bond donors (Lipinski definition) is 0. The first-order valence-corrected chi connectivity index (χ1v) is 11.1. The maximum absolute atomic E-state index is 12.9. The molecule has 1 saturated heterocycles. The molecule has 0 saturated carbocycles. The van der Waals surface area contributed by atoms with Crippen LogP contribution in [0.4, 0.5) is 0 Å². The van der Waals surface area contributed by atoms with Gasteiger partial charge in [-0.25, -0.2) is 0 Å². The predicted molar refractivity (Wildman–Crippen MR) is 110 cm³/mol. The first-order valence-electron chi connectivity index (χ1n) is 9.77. The second-order valence-corrected chi connectivity index (χ2v) is 9.20. The summed E-state index contributed by atoms with van der Waals surface area (Å²) >= 11 is 0. The summed E-state index contributed by atoms with van der Waals surface area (Å²) in [7, 11) is -3.83. The highest BCUT2D eigenvalue weighted by Gasteiger charge is 2.45. The Balaban J connectivity index is 1.87. The van der Waals surface area contributed by atoms with E-state index >= 15 is 0 Å². The maximum atomic E-state index is 12.9. The van der Waals surface area contributed by atoms with Gasteiger partial charge in [-0.15, -0.1) is 0 Å². The van der Waals surface area contributed by atoms with Gasteiger partial charge in [0.25, 0.3) is 0 Å². The second kappa shape index (κ2) is 9.18. The average Bonchev–Trinajstić information content (AvgIpc) is 2.68. The van der Waals surface area contributed by atoms with Crippen molar-refractivity contribution in [3.63, 3.8) is 0 Å². The normalized spacial score (nSPS) is 23.6. The fourth-order valence-corrected chi connectivity index (χ4v) is 5.18. The minimum absolute atomic E-state index is 0.0462.